The van der Waals surface area contributed by atoms with E-state index in [4.69, 9.17) is 0 Å². The van der Waals surface area contributed by atoms with Crippen LogP contribution in [0, 0.1) is 0 Å². The molecule has 0 fully saturated rings. The Balaban J connectivity index is 0. The third-order valence-electron chi connectivity index (χ3n) is 0. The van der Waals surface area contributed by atoms with E-state index < -0.39 is 0 Å². The zero-order valence-corrected chi connectivity index (χ0v) is 18.8. The van der Waals surface area contributed by atoms with Gasteiger partial charge in [0.25, 0.3) is 0 Å². The van der Waals surface area contributed by atoms with Gasteiger partial charge >= 0.3 is 99.5 Å². The average Bonchev–Trinajstić information content (AvgIpc) is 0. The molecule has 0 aliphatic heterocycles. The maximum absolute atomic E-state index is 0. The van der Waals surface area contributed by atoms with Gasteiger partial charge in [0.1, 0.15) is 0 Å². The fraction of sp³-hybridized carbons (Fsp3) is 0. The van der Waals surface area contributed by atoms with E-state index in [1.807, 2.05) is 0 Å². The molecule has 0 saturated carbocycles. The summed E-state index contributed by atoms with van der Waals surface area (Å²) in [5.41, 5.74) is 0. The van der Waals surface area contributed by atoms with Crippen LogP contribution in [0.4, 0.5) is 0 Å². The second-order valence-electron chi connectivity index (χ2n) is 0. The Morgan fingerprint density at radius 3 is 0.333 bits per heavy atom. The van der Waals surface area contributed by atoms with E-state index in [0.717, 1.165) is 0 Å². The van der Waals surface area contributed by atoms with E-state index in [9.17, 15) is 0 Å². The van der Waals surface area contributed by atoms with Gasteiger partial charge in [-0.05, 0) is 0 Å². The van der Waals surface area contributed by atoms with E-state index in [1.54, 1.807) is 0 Å². The summed E-state index contributed by atoms with van der Waals surface area (Å²) in [5, 5.41) is 0. The molecule has 0 atom stereocenters. The normalized spacial score (nSPS) is 0. The molecule has 0 rings (SSSR count). The largest absolute Gasteiger partial charge is 4.00 e. The van der Waals surface area contributed by atoms with Crippen LogP contribution in [-0.2, 0) is 38.3 Å². The minimum absolute atomic E-state index is 0. The Hall–Kier alpha value is 3.27. The van der Waals surface area contributed by atoms with Gasteiger partial charge in [-0.2, -0.15) is 0 Å². The Morgan fingerprint density at radius 1 is 0.333 bits per heavy atom. The predicted molar refractivity (Wildman–Crippen MR) is 33.6 cm³/mol. The van der Waals surface area contributed by atoms with E-state index >= 15 is 0 Å². The molecular formula is In2O7SiSn2. The molecule has 12 heteroatoms. The van der Waals surface area contributed by atoms with Crippen molar-refractivity contribution in [1.29, 1.82) is 0 Å². The van der Waals surface area contributed by atoms with Crippen molar-refractivity contribution in [3.8, 4) is 0 Å². The third-order valence-corrected chi connectivity index (χ3v) is 0. The van der Waals surface area contributed by atoms with Crippen molar-refractivity contribution in [3.63, 3.8) is 0 Å². The first-order valence-electron chi connectivity index (χ1n) is 0. The van der Waals surface area contributed by atoms with Crippen molar-refractivity contribution in [2.75, 3.05) is 0 Å². The molecule has 0 aromatic carbocycles. The molecule has 0 bridgehead atoms. The summed E-state index contributed by atoms with van der Waals surface area (Å²) in [6.45, 7) is 0. The summed E-state index contributed by atoms with van der Waals surface area (Å²) in [7, 11) is 0. The maximum atomic E-state index is 0. The zero-order chi connectivity index (χ0) is 0. The SMILES string of the molecule is [In+3].[In+3].[O-2].[O-2].[O-2].[O-2].[O-2].[O-2].[O-2].[Si].[Sn+4].[Sn+4]. The van der Waals surface area contributed by atoms with Crippen molar-refractivity contribution >= 4 is 110 Å². The molecule has 0 aromatic rings. The smallest absolute Gasteiger partial charge is 2.00 e. The molecule has 7 nitrogen and oxygen atoms in total. The second-order valence-corrected chi connectivity index (χ2v) is 0. The summed E-state index contributed by atoms with van der Waals surface area (Å²) in [6.07, 6.45) is 0. The van der Waals surface area contributed by atoms with Crippen molar-refractivity contribution < 1.29 is 38.3 Å². The average molecular weight is 607 g/mol. The minimum atomic E-state index is 0. The fourth-order valence-corrected chi connectivity index (χ4v) is 0. The topological polar surface area (TPSA) is 200 Å². The summed E-state index contributed by atoms with van der Waals surface area (Å²) in [6, 6.07) is 0. The van der Waals surface area contributed by atoms with Gasteiger partial charge in [0.15, 0.2) is 0 Å². The zero-order valence-electron chi connectivity index (χ0n) is 5.51. The summed E-state index contributed by atoms with van der Waals surface area (Å²) in [5.74, 6) is 0. The summed E-state index contributed by atoms with van der Waals surface area (Å²) in [4.78, 5) is 0. The van der Waals surface area contributed by atoms with Crippen LogP contribution in [0.3, 0.4) is 0 Å². The number of hydrogen-bond acceptors (Lipinski definition) is 0. The van der Waals surface area contributed by atoms with Crippen LogP contribution in [0.1, 0.15) is 0 Å². The summed E-state index contributed by atoms with van der Waals surface area (Å²) >= 11 is 0. The molecule has 0 heterocycles. The van der Waals surface area contributed by atoms with Crippen LogP contribution >= 0.6 is 0 Å². The van der Waals surface area contributed by atoms with Crippen LogP contribution in [-0.4, -0.2) is 110 Å². The van der Waals surface area contributed by atoms with E-state index in [-0.39, 0.29) is 149 Å². The molecule has 0 amide bonds. The molecule has 12 heavy (non-hydrogen) atoms. The Morgan fingerprint density at radius 2 is 0.333 bits per heavy atom. The van der Waals surface area contributed by atoms with Crippen LogP contribution < -0.4 is 0 Å². The van der Waals surface area contributed by atoms with Crippen molar-refractivity contribution in [2.45, 2.75) is 0 Å². The van der Waals surface area contributed by atoms with E-state index in [2.05, 4.69) is 0 Å². The fourth-order valence-electron chi connectivity index (χ4n) is 0. The van der Waals surface area contributed by atoms with Crippen molar-refractivity contribution in [3.05, 3.63) is 0 Å². The maximum Gasteiger partial charge on any atom is 4.00 e. The van der Waals surface area contributed by atoms with Gasteiger partial charge in [0.2, 0.25) is 0 Å². The molecule has 4 radical (unpaired) electrons. The molecule has 0 N–H and O–H groups in total. The Bertz CT molecular complexity index is 19.4. The first-order chi connectivity index (χ1) is 0. The van der Waals surface area contributed by atoms with E-state index in [0.29, 0.717) is 0 Å². The van der Waals surface area contributed by atoms with Gasteiger partial charge in [-0.15, -0.1) is 0 Å². The Labute approximate surface area is 146 Å². The standard InChI is InChI=1S/2In.7O.Si.2Sn/q2*+3;7*-2;;2*+4. The van der Waals surface area contributed by atoms with Gasteiger partial charge in [-0.25, -0.2) is 0 Å². The third kappa shape index (κ3) is 187. The first-order valence-corrected chi connectivity index (χ1v) is 0. The van der Waals surface area contributed by atoms with Gasteiger partial charge in [0, 0.05) is 11.0 Å². The number of hydrogen-bond donors (Lipinski definition) is 0. The summed E-state index contributed by atoms with van der Waals surface area (Å²) < 4.78 is 0. The van der Waals surface area contributed by atoms with Crippen molar-refractivity contribution in [2.24, 2.45) is 0 Å². The molecule has 0 aliphatic rings. The van der Waals surface area contributed by atoms with E-state index in [1.165, 1.54) is 0 Å². The second kappa shape index (κ2) is 235. The molecule has 0 saturated heterocycles. The molecule has 0 unspecified atom stereocenters. The van der Waals surface area contributed by atoms with Gasteiger partial charge in [0.05, 0.1) is 0 Å². The van der Waals surface area contributed by atoms with Gasteiger partial charge < -0.3 is 38.3 Å². The molecule has 0 spiro atoms. The van der Waals surface area contributed by atoms with Gasteiger partial charge in [-0.3, -0.25) is 0 Å². The number of rotatable bonds is 0. The monoisotopic (exact) mass is 610 g/mol. The quantitative estimate of drug-likeness (QED) is 0.258. The predicted octanol–water partition coefficient (Wildman–Crippen LogP) is -2.74. The van der Waals surface area contributed by atoms with Crippen molar-refractivity contribution in [1.82, 2.24) is 0 Å². The molecule has 0 aliphatic carbocycles. The van der Waals surface area contributed by atoms with Crippen LogP contribution in [0.15, 0.2) is 0 Å². The molecule has 60 valence electrons. The van der Waals surface area contributed by atoms with Crippen LogP contribution in [0.5, 0.6) is 0 Å². The van der Waals surface area contributed by atoms with Gasteiger partial charge in [-0.1, -0.05) is 0 Å². The van der Waals surface area contributed by atoms with Crippen LogP contribution in [0.2, 0.25) is 0 Å². The molecular weight excluding hydrogens is 607 g/mol. The first kappa shape index (κ1) is 290. The minimum Gasteiger partial charge on any atom is -2.00 e. The molecule has 0 aromatic heterocycles. The van der Waals surface area contributed by atoms with Crippen LogP contribution in [0.25, 0.3) is 0 Å². The Kier molecular flexibility index (Phi) is 5670.